The first kappa shape index (κ1) is 14.4. The van der Waals surface area contributed by atoms with Crippen molar-refractivity contribution in [2.45, 2.75) is 44.9 Å². The fourth-order valence-corrected chi connectivity index (χ4v) is 3.66. The Morgan fingerprint density at radius 1 is 0.913 bits per heavy atom. The van der Waals surface area contributed by atoms with E-state index in [0.717, 1.165) is 37.4 Å². The molecule has 3 heteroatoms. The van der Waals surface area contributed by atoms with Gasteiger partial charge in [-0.15, -0.1) is 0 Å². The predicted octanol–water partition coefficient (Wildman–Crippen LogP) is 4.54. The van der Waals surface area contributed by atoms with E-state index in [9.17, 15) is 0 Å². The van der Waals surface area contributed by atoms with Gasteiger partial charge in [-0.3, -0.25) is 0 Å². The number of benzene rings is 2. The van der Waals surface area contributed by atoms with Gasteiger partial charge in [0.1, 0.15) is 0 Å². The summed E-state index contributed by atoms with van der Waals surface area (Å²) in [5.41, 5.74) is 4.04. The Balaban J connectivity index is 1.57. The van der Waals surface area contributed by atoms with Crippen molar-refractivity contribution in [2.24, 2.45) is 0 Å². The van der Waals surface area contributed by atoms with Gasteiger partial charge in [-0.05, 0) is 48.9 Å². The molecular weight excluding hydrogens is 286 g/mol. The standard InChI is InChI=1S/C20H23NO2/c1-22-19-11-10-17(12-20(19)23-18-8-4-5-9-18)21-13-15-6-2-3-7-16(15)14-21/h2-3,6-7,10-12,18H,4-5,8-9,13-14H2,1H3. The highest BCUT2D eigenvalue weighted by molar-refractivity contribution is 5.58. The Kier molecular flexibility index (Phi) is 3.86. The monoisotopic (exact) mass is 309 g/mol. The average Bonchev–Trinajstić information content (AvgIpc) is 3.23. The fourth-order valence-electron chi connectivity index (χ4n) is 3.66. The summed E-state index contributed by atoms with van der Waals surface area (Å²) in [5.74, 6) is 1.71. The van der Waals surface area contributed by atoms with Crippen molar-refractivity contribution in [1.82, 2.24) is 0 Å². The fraction of sp³-hybridized carbons (Fsp3) is 0.400. The molecule has 0 atom stereocenters. The Hall–Kier alpha value is -2.16. The van der Waals surface area contributed by atoms with Gasteiger partial charge in [0, 0.05) is 24.8 Å². The Morgan fingerprint density at radius 3 is 2.26 bits per heavy atom. The van der Waals surface area contributed by atoms with Gasteiger partial charge in [0.25, 0.3) is 0 Å². The molecule has 0 amide bonds. The van der Waals surface area contributed by atoms with Gasteiger partial charge < -0.3 is 14.4 Å². The minimum Gasteiger partial charge on any atom is -0.493 e. The zero-order valence-electron chi connectivity index (χ0n) is 13.6. The molecule has 1 fully saturated rings. The third-order valence-corrected chi connectivity index (χ3v) is 4.95. The molecular formula is C20H23NO2. The van der Waals surface area contributed by atoms with E-state index >= 15 is 0 Å². The number of ether oxygens (including phenoxy) is 2. The molecule has 1 saturated carbocycles. The molecule has 3 nitrogen and oxygen atoms in total. The second kappa shape index (κ2) is 6.15. The summed E-state index contributed by atoms with van der Waals surface area (Å²) in [5, 5.41) is 0. The lowest BCUT2D eigenvalue weighted by molar-refractivity contribution is 0.201. The summed E-state index contributed by atoms with van der Waals surface area (Å²) in [6, 6.07) is 15.0. The van der Waals surface area contributed by atoms with Crippen LogP contribution in [0.3, 0.4) is 0 Å². The first-order valence-corrected chi connectivity index (χ1v) is 8.50. The van der Waals surface area contributed by atoms with Crippen LogP contribution in [0.5, 0.6) is 11.5 Å². The van der Waals surface area contributed by atoms with E-state index in [0.29, 0.717) is 6.10 Å². The Labute approximate surface area is 137 Å². The SMILES string of the molecule is COc1ccc(N2Cc3ccccc3C2)cc1OC1CCCC1. The second-order valence-corrected chi connectivity index (χ2v) is 6.48. The second-order valence-electron chi connectivity index (χ2n) is 6.48. The minimum absolute atomic E-state index is 0.343. The van der Waals surface area contributed by atoms with Crippen molar-refractivity contribution < 1.29 is 9.47 Å². The van der Waals surface area contributed by atoms with Crippen molar-refractivity contribution in [1.29, 1.82) is 0 Å². The molecule has 2 aliphatic rings. The van der Waals surface area contributed by atoms with Crippen molar-refractivity contribution in [3.8, 4) is 11.5 Å². The summed E-state index contributed by atoms with van der Waals surface area (Å²) >= 11 is 0. The van der Waals surface area contributed by atoms with Gasteiger partial charge >= 0.3 is 0 Å². The van der Waals surface area contributed by atoms with Crippen LogP contribution in [0.2, 0.25) is 0 Å². The van der Waals surface area contributed by atoms with Crippen LogP contribution in [-0.4, -0.2) is 13.2 Å². The highest BCUT2D eigenvalue weighted by atomic mass is 16.5. The number of anilines is 1. The largest absolute Gasteiger partial charge is 0.493 e. The summed E-state index contributed by atoms with van der Waals surface area (Å²) in [7, 11) is 1.71. The molecule has 0 bridgehead atoms. The maximum Gasteiger partial charge on any atom is 0.163 e. The smallest absolute Gasteiger partial charge is 0.163 e. The molecule has 2 aromatic rings. The average molecular weight is 309 g/mol. The third kappa shape index (κ3) is 2.88. The van der Waals surface area contributed by atoms with Crippen LogP contribution >= 0.6 is 0 Å². The maximum atomic E-state index is 6.22. The lowest BCUT2D eigenvalue weighted by atomic mass is 10.1. The predicted molar refractivity (Wildman–Crippen MR) is 92.2 cm³/mol. The quantitative estimate of drug-likeness (QED) is 0.828. The van der Waals surface area contributed by atoms with Gasteiger partial charge in [0.05, 0.1) is 13.2 Å². The van der Waals surface area contributed by atoms with Gasteiger partial charge in [-0.1, -0.05) is 24.3 Å². The molecule has 0 radical (unpaired) electrons. The number of fused-ring (bicyclic) bond motifs is 1. The van der Waals surface area contributed by atoms with E-state index in [-0.39, 0.29) is 0 Å². The van der Waals surface area contributed by atoms with E-state index < -0.39 is 0 Å². The van der Waals surface area contributed by atoms with Crippen LogP contribution in [-0.2, 0) is 13.1 Å². The molecule has 4 rings (SSSR count). The zero-order chi connectivity index (χ0) is 15.6. The lowest BCUT2D eigenvalue weighted by Crippen LogP contribution is -2.16. The van der Waals surface area contributed by atoms with E-state index in [2.05, 4.69) is 41.3 Å². The number of hydrogen-bond acceptors (Lipinski definition) is 3. The summed E-state index contributed by atoms with van der Waals surface area (Å²) < 4.78 is 11.7. The van der Waals surface area contributed by atoms with E-state index in [1.807, 2.05) is 6.07 Å². The summed E-state index contributed by atoms with van der Waals surface area (Å²) in [6.45, 7) is 1.93. The highest BCUT2D eigenvalue weighted by Gasteiger charge is 2.22. The first-order chi connectivity index (χ1) is 11.3. The lowest BCUT2D eigenvalue weighted by Gasteiger charge is -2.21. The van der Waals surface area contributed by atoms with Crippen LogP contribution < -0.4 is 14.4 Å². The molecule has 1 heterocycles. The van der Waals surface area contributed by atoms with Crippen molar-refractivity contribution >= 4 is 5.69 Å². The van der Waals surface area contributed by atoms with E-state index in [1.54, 1.807) is 7.11 Å². The molecule has 0 aromatic heterocycles. The number of rotatable bonds is 4. The summed E-state index contributed by atoms with van der Waals surface area (Å²) in [6.07, 6.45) is 5.20. The van der Waals surface area contributed by atoms with Gasteiger partial charge in [0.15, 0.2) is 11.5 Å². The molecule has 120 valence electrons. The van der Waals surface area contributed by atoms with E-state index in [1.165, 1.54) is 29.7 Å². The Morgan fingerprint density at radius 2 is 1.61 bits per heavy atom. The maximum absolute atomic E-state index is 6.22. The molecule has 2 aromatic carbocycles. The van der Waals surface area contributed by atoms with Crippen LogP contribution in [0.15, 0.2) is 42.5 Å². The molecule has 0 unspecified atom stereocenters. The topological polar surface area (TPSA) is 21.7 Å². The third-order valence-electron chi connectivity index (χ3n) is 4.95. The van der Waals surface area contributed by atoms with Crippen LogP contribution in [0.4, 0.5) is 5.69 Å². The van der Waals surface area contributed by atoms with Gasteiger partial charge in [-0.25, -0.2) is 0 Å². The van der Waals surface area contributed by atoms with Crippen molar-refractivity contribution in [3.05, 3.63) is 53.6 Å². The number of hydrogen-bond donors (Lipinski definition) is 0. The number of methoxy groups -OCH3 is 1. The van der Waals surface area contributed by atoms with Gasteiger partial charge in [0.2, 0.25) is 0 Å². The van der Waals surface area contributed by atoms with Crippen LogP contribution in [0.25, 0.3) is 0 Å². The molecule has 1 aliphatic carbocycles. The Bertz CT molecular complexity index is 667. The summed E-state index contributed by atoms with van der Waals surface area (Å²) in [4.78, 5) is 2.39. The number of nitrogens with zero attached hydrogens (tertiary/aromatic N) is 1. The van der Waals surface area contributed by atoms with Crippen molar-refractivity contribution in [3.63, 3.8) is 0 Å². The van der Waals surface area contributed by atoms with Crippen LogP contribution in [0, 0.1) is 0 Å². The molecule has 0 saturated heterocycles. The molecule has 0 N–H and O–H groups in total. The van der Waals surface area contributed by atoms with Gasteiger partial charge in [-0.2, -0.15) is 0 Å². The molecule has 23 heavy (non-hydrogen) atoms. The zero-order valence-corrected chi connectivity index (χ0v) is 13.6. The van der Waals surface area contributed by atoms with Crippen LogP contribution in [0.1, 0.15) is 36.8 Å². The van der Waals surface area contributed by atoms with E-state index in [4.69, 9.17) is 9.47 Å². The normalized spacial score (nSPS) is 17.3. The highest BCUT2D eigenvalue weighted by Crippen LogP contribution is 2.37. The molecule has 1 aliphatic heterocycles. The van der Waals surface area contributed by atoms with Crippen molar-refractivity contribution in [2.75, 3.05) is 12.0 Å². The first-order valence-electron chi connectivity index (χ1n) is 8.50. The molecule has 0 spiro atoms. The minimum atomic E-state index is 0.343.